The van der Waals surface area contributed by atoms with Gasteiger partial charge in [0.1, 0.15) is 69.0 Å². The number of anilines is 6. The fourth-order valence-electron chi connectivity index (χ4n) is 19.1. The molecule has 119 heavy (non-hydrogen) atoms. The van der Waals surface area contributed by atoms with E-state index in [-0.39, 0.29) is 55.6 Å². The molecule has 604 valence electrons. The molecule has 0 unspecified atom stereocenters. The quantitative estimate of drug-likeness (QED) is 0.0660. The lowest BCUT2D eigenvalue weighted by molar-refractivity contribution is 0.472. The second-order valence-corrected chi connectivity index (χ2v) is 38.1. The fourth-order valence-corrected chi connectivity index (χ4v) is 19.1. The van der Waals surface area contributed by atoms with E-state index in [9.17, 15) is 0 Å². The van der Waals surface area contributed by atoms with Crippen LogP contribution in [-0.4, -0.2) is 20.1 Å². The molecule has 18 rings (SSSR count). The highest BCUT2D eigenvalue weighted by Crippen LogP contribution is 2.53. The molecule has 12 aromatic rings. The zero-order valence-corrected chi connectivity index (χ0v) is 74.6. The van der Waals surface area contributed by atoms with Gasteiger partial charge in [0.15, 0.2) is 0 Å². The van der Waals surface area contributed by atoms with E-state index >= 15 is 0 Å². The van der Waals surface area contributed by atoms with E-state index in [2.05, 4.69) is 376 Å². The number of hydrogen-bond donors (Lipinski definition) is 0. The standard InChI is InChI=1S/C54H54B3NO3.C54H63NO3/c1-25(2)31-13-16-43-37(19-31)55-40-22-34(28(7)8)53-47-49(40)58-50-41(23-35(29(9)10)52(59-43)46(50)55)56-38-20-32(26(3)4)14-17-44(38)61-54-36(30(11)12)24-42(51(58)48(54)56)57(47)39-21-33(27(5)6)15-18-45(39)60-53;1-34(2)40-13-22-46(23-14-40)56-52-31-43(19-28-49(52)37(7)8)55(44-20-29-50(38(9)10)53(32-44)57-47-24-15-41(16-25-47)35(3)4)45-21-30-51(39(11)12)54(33-45)58-48-26-17-42(18-27-48)36(5)6/h13-30H,1-12H3;13-39H,1-12H3. The zero-order valence-electron chi connectivity index (χ0n) is 74.6. The van der Waals surface area contributed by atoms with Gasteiger partial charge in [-0.3, -0.25) is 0 Å². The van der Waals surface area contributed by atoms with E-state index in [1.165, 1.54) is 116 Å². The molecule has 8 nitrogen and oxygen atoms in total. The molecule has 0 amide bonds. The molecule has 0 spiro atoms. The van der Waals surface area contributed by atoms with Crippen LogP contribution < -0.4 is 87.4 Å². The first-order valence-corrected chi connectivity index (χ1v) is 44.3. The third-order valence-corrected chi connectivity index (χ3v) is 26.0. The van der Waals surface area contributed by atoms with Crippen molar-refractivity contribution in [3.05, 3.63) is 267 Å². The van der Waals surface area contributed by atoms with Crippen molar-refractivity contribution in [2.24, 2.45) is 0 Å². The lowest BCUT2D eigenvalue weighted by atomic mass is 9.25. The summed E-state index contributed by atoms with van der Waals surface area (Å²) in [6.45, 7) is 54.4. The van der Waals surface area contributed by atoms with Crippen LogP contribution in [0.5, 0.6) is 69.0 Å². The van der Waals surface area contributed by atoms with Gasteiger partial charge in [0.05, 0.1) is 0 Å². The maximum Gasteiger partial charge on any atom is 0.256 e. The first kappa shape index (κ1) is 80.6. The highest BCUT2D eigenvalue weighted by Gasteiger charge is 2.57. The SMILES string of the molecule is CC(C)c1ccc(Oc2cc(N(c3ccc(C(C)C)c(Oc4ccc(C(C)C)cc4)c3)c3ccc(C(C)C)c(Oc4ccc(C(C)C)cc4)c3)ccc2C(C)C)cc1.CC(C)c1ccc2c(c1)B1c3cc(C(C)C)c4c5c3N3c6c(cc(C(C)C)c(c61)O2)B1c2cc(C(C)C)ccc2Oc2c(C(C)C)cc(c3c21)B5c1cc(C(C)C)ccc1O4. The van der Waals surface area contributed by atoms with Gasteiger partial charge in [-0.15, -0.1) is 0 Å². The van der Waals surface area contributed by atoms with Crippen molar-refractivity contribution >= 4 is 103 Å². The van der Waals surface area contributed by atoms with Crippen LogP contribution in [0.2, 0.25) is 0 Å². The normalized spacial score (nSPS) is 13.4. The molecule has 0 N–H and O–H groups in total. The van der Waals surface area contributed by atoms with Gasteiger partial charge in [-0.05, 0) is 260 Å². The fraction of sp³-hybridized carbons (Fsp3) is 0.333. The monoisotopic (exact) mass is 1570 g/mol. The van der Waals surface area contributed by atoms with Crippen molar-refractivity contribution in [3.8, 4) is 69.0 Å². The van der Waals surface area contributed by atoms with Crippen LogP contribution in [0, 0.1) is 0 Å². The molecule has 0 aliphatic carbocycles. The maximum absolute atomic E-state index is 7.31. The molecule has 12 aromatic carbocycles. The Bertz CT molecular complexity index is 5370. The molecule has 11 heteroatoms. The Kier molecular flexibility index (Phi) is 21.3. The number of nitrogens with zero attached hydrogens (tertiary/aromatic N) is 2. The van der Waals surface area contributed by atoms with Gasteiger partial charge < -0.3 is 38.2 Å². The van der Waals surface area contributed by atoms with Crippen LogP contribution >= 0.6 is 0 Å². The number of fused-ring (bicyclic) bond motifs is 9. The van der Waals surface area contributed by atoms with Crippen molar-refractivity contribution < 1.29 is 28.4 Å². The Balaban J connectivity index is 0.000000171. The highest BCUT2D eigenvalue weighted by atomic mass is 16.5. The third-order valence-electron chi connectivity index (χ3n) is 26.0. The van der Waals surface area contributed by atoms with Crippen molar-refractivity contribution in [1.82, 2.24) is 0 Å². The summed E-state index contributed by atoms with van der Waals surface area (Å²) >= 11 is 0. The molecule has 6 aliphatic heterocycles. The first-order valence-electron chi connectivity index (χ1n) is 44.3. The summed E-state index contributed by atoms with van der Waals surface area (Å²) in [4.78, 5) is 4.98. The summed E-state index contributed by atoms with van der Waals surface area (Å²) in [6.07, 6.45) is 0. The number of hydrogen-bond acceptors (Lipinski definition) is 8. The van der Waals surface area contributed by atoms with E-state index in [0.717, 1.165) is 103 Å². The van der Waals surface area contributed by atoms with E-state index in [1.807, 2.05) is 0 Å². The number of ether oxygens (including phenoxy) is 6. The van der Waals surface area contributed by atoms with Gasteiger partial charge in [0.25, 0.3) is 20.1 Å². The molecule has 0 atom stereocenters. The van der Waals surface area contributed by atoms with E-state index in [1.54, 1.807) is 0 Å². The molecule has 0 saturated carbocycles. The summed E-state index contributed by atoms with van der Waals surface area (Å²) in [5, 5.41) is 0. The van der Waals surface area contributed by atoms with Crippen LogP contribution in [0.25, 0.3) is 0 Å². The van der Waals surface area contributed by atoms with E-state index in [4.69, 9.17) is 28.4 Å². The molecule has 6 heterocycles. The smallest absolute Gasteiger partial charge is 0.256 e. The second-order valence-electron chi connectivity index (χ2n) is 38.1. The Hall–Kier alpha value is -10.8. The average molecular weight is 1570 g/mol. The minimum Gasteiger partial charge on any atom is -0.458 e. The predicted octanol–water partition coefficient (Wildman–Crippen LogP) is 26.0. The molecule has 0 aromatic heterocycles. The van der Waals surface area contributed by atoms with E-state index < -0.39 is 0 Å². The first-order chi connectivity index (χ1) is 56.9. The molecule has 0 fully saturated rings. The van der Waals surface area contributed by atoms with Gasteiger partial charge in [0, 0.05) is 52.3 Å². The number of benzene rings is 12. The van der Waals surface area contributed by atoms with Crippen molar-refractivity contribution in [2.45, 2.75) is 237 Å². The maximum atomic E-state index is 7.31. The molecular formula is C108H117B3N2O6. The summed E-state index contributed by atoms with van der Waals surface area (Å²) in [6, 6.07) is 73.8. The highest BCUT2D eigenvalue weighted by molar-refractivity contribution is 7.07. The molecule has 0 radical (unpaired) electrons. The van der Waals surface area contributed by atoms with Gasteiger partial charge in [-0.25, -0.2) is 0 Å². The van der Waals surface area contributed by atoms with Crippen LogP contribution in [0.1, 0.15) is 304 Å². The Morgan fingerprint density at radius 1 is 0.235 bits per heavy atom. The molecular weight excluding hydrogens is 1450 g/mol. The van der Waals surface area contributed by atoms with Crippen molar-refractivity contribution in [1.29, 1.82) is 0 Å². The van der Waals surface area contributed by atoms with Gasteiger partial charge >= 0.3 is 0 Å². The van der Waals surface area contributed by atoms with Crippen LogP contribution in [0.4, 0.5) is 34.1 Å². The predicted molar refractivity (Wildman–Crippen MR) is 504 cm³/mol. The summed E-state index contributed by atoms with van der Waals surface area (Å²) in [7, 11) is 0. The summed E-state index contributed by atoms with van der Waals surface area (Å²) in [5.41, 5.74) is 33.7. The molecule has 0 saturated heterocycles. The Morgan fingerprint density at radius 3 is 0.697 bits per heavy atom. The van der Waals surface area contributed by atoms with Gasteiger partial charge in [-0.2, -0.15) is 0 Å². The Morgan fingerprint density at radius 2 is 0.471 bits per heavy atom. The second kappa shape index (κ2) is 31.4. The van der Waals surface area contributed by atoms with Crippen molar-refractivity contribution in [2.75, 3.05) is 9.80 Å². The number of rotatable bonds is 21. The minimum atomic E-state index is -0.0122. The van der Waals surface area contributed by atoms with Crippen molar-refractivity contribution in [3.63, 3.8) is 0 Å². The van der Waals surface area contributed by atoms with Crippen LogP contribution in [-0.2, 0) is 0 Å². The Labute approximate surface area is 710 Å². The summed E-state index contributed by atoms with van der Waals surface area (Å²) < 4.78 is 42.2. The minimum absolute atomic E-state index is 0.0122. The van der Waals surface area contributed by atoms with Gasteiger partial charge in [0.2, 0.25) is 0 Å². The van der Waals surface area contributed by atoms with Crippen LogP contribution in [0.3, 0.4) is 0 Å². The largest absolute Gasteiger partial charge is 0.458 e. The zero-order chi connectivity index (χ0) is 83.9. The van der Waals surface area contributed by atoms with Crippen LogP contribution in [0.15, 0.2) is 200 Å². The molecule has 6 aliphatic rings. The topological polar surface area (TPSA) is 61.9 Å². The van der Waals surface area contributed by atoms with Gasteiger partial charge in [-0.1, -0.05) is 275 Å². The summed E-state index contributed by atoms with van der Waals surface area (Å²) in [5.74, 6) is 15.0. The average Bonchev–Trinajstić information content (AvgIpc) is 0.652. The molecule has 0 bridgehead atoms. The lowest BCUT2D eigenvalue weighted by Crippen LogP contribution is -2.73. The third kappa shape index (κ3) is 14.2. The lowest BCUT2D eigenvalue weighted by Gasteiger charge is -2.53. The van der Waals surface area contributed by atoms with E-state index in [0.29, 0.717) is 35.5 Å².